The molecule has 0 bridgehead atoms. The van der Waals surface area contributed by atoms with Crippen molar-refractivity contribution in [2.45, 2.75) is 13.3 Å². The second kappa shape index (κ2) is 5.17. The van der Waals surface area contributed by atoms with Crippen molar-refractivity contribution >= 4 is 16.9 Å². The number of fused-ring (bicyclic) bond motifs is 1. The van der Waals surface area contributed by atoms with Crippen molar-refractivity contribution in [3.63, 3.8) is 0 Å². The van der Waals surface area contributed by atoms with Gasteiger partial charge < -0.3 is 0 Å². The SMILES string of the molecule is Cc1ccccc1CC(=O)Nn1cnc2ccccc21. The predicted molar refractivity (Wildman–Crippen MR) is 79.0 cm³/mol. The minimum Gasteiger partial charge on any atom is -0.273 e. The number of aromatic nitrogens is 2. The first kappa shape index (κ1) is 12.4. The van der Waals surface area contributed by atoms with Crippen molar-refractivity contribution in [3.05, 3.63) is 66.0 Å². The van der Waals surface area contributed by atoms with Crippen LogP contribution in [0.3, 0.4) is 0 Å². The van der Waals surface area contributed by atoms with Gasteiger partial charge in [0.1, 0.15) is 6.33 Å². The van der Waals surface area contributed by atoms with E-state index in [1.54, 1.807) is 11.0 Å². The summed E-state index contributed by atoms with van der Waals surface area (Å²) in [7, 11) is 0. The van der Waals surface area contributed by atoms with Crippen molar-refractivity contribution in [1.82, 2.24) is 9.66 Å². The zero-order valence-corrected chi connectivity index (χ0v) is 11.2. The fourth-order valence-corrected chi connectivity index (χ4v) is 2.20. The fraction of sp³-hybridized carbons (Fsp3) is 0.125. The molecule has 2 aromatic carbocycles. The van der Waals surface area contributed by atoms with Crippen LogP contribution < -0.4 is 5.43 Å². The van der Waals surface area contributed by atoms with E-state index in [-0.39, 0.29) is 5.91 Å². The molecule has 0 aliphatic rings. The second-order valence-corrected chi connectivity index (χ2v) is 4.74. The van der Waals surface area contributed by atoms with Crippen LogP contribution in [0.5, 0.6) is 0 Å². The van der Waals surface area contributed by atoms with Crippen molar-refractivity contribution in [1.29, 1.82) is 0 Å². The molecule has 4 nitrogen and oxygen atoms in total. The Hall–Kier alpha value is -2.62. The van der Waals surface area contributed by atoms with E-state index in [4.69, 9.17) is 0 Å². The van der Waals surface area contributed by atoms with Gasteiger partial charge in [0, 0.05) is 0 Å². The Kier molecular flexibility index (Phi) is 3.21. The highest BCUT2D eigenvalue weighted by Crippen LogP contribution is 2.11. The Morgan fingerprint density at radius 2 is 1.90 bits per heavy atom. The van der Waals surface area contributed by atoms with Crippen molar-refractivity contribution in [3.8, 4) is 0 Å². The lowest BCUT2D eigenvalue weighted by molar-refractivity contribution is -0.116. The van der Waals surface area contributed by atoms with Crippen LogP contribution in [0.2, 0.25) is 0 Å². The van der Waals surface area contributed by atoms with Crippen LogP contribution in [-0.2, 0) is 11.2 Å². The summed E-state index contributed by atoms with van der Waals surface area (Å²) in [4.78, 5) is 16.4. The van der Waals surface area contributed by atoms with Crippen molar-refractivity contribution < 1.29 is 4.79 Å². The smallest absolute Gasteiger partial charge is 0.243 e. The van der Waals surface area contributed by atoms with Crippen LogP contribution >= 0.6 is 0 Å². The summed E-state index contributed by atoms with van der Waals surface area (Å²) in [6, 6.07) is 15.6. The summed E-state index contributed by atoms with van der Waals surface area (Å²) in [6.07, 6.45) is 1.99. The number of aryl methyl sites for hydroxylation is 1. The molecule has 1 aromatic heterocycles. The Morgan fingerprint density at radius 1 is 1.15 bits per heavy atom. The van der Waals surface area contributed by atoms with Gasteiger partial charge in [0.2, 0.25) is 5.91 Å². The molecule has 0 spiro atoms. The van der Waals surface area contributed by atoms with E-state index in [9.17, 15) is 4.79 Å². The van der Waals surface area contributed by atoms with E-state index in [0.717, 1.165) is 22.2 Å². The number of carbonyl (C=O) groups is 1. The lowest BCUT2D eigenvalue weighted by Crippen LogP contribution is -2.23. The topological polar surface area (TPSA) is 46.9 Å². The first-order valence-electron chi connectivity index (χ1n) is 6.50. The maximum Gasteiger partial charge on any atom is 0.243 e. The van der Waals surface area contributed by atoms with Gasteiger partial charge in [0.05, 0.1) is 17.5 Å². The summed E-state index contributed by atoms with van der Waals surface area (Å²) in [6.45, 7) is 2.01. The molecule has 0 atom stereocenters. The van der Waals surface area contributed by atoms with Gasteiger partial charge in [-0.15, -0.1) is 0 Å². The number of nitrogens with zero attached hydrogens (tertiary/aromatic N) is 2. The molecule has 0 aliphatic carbocycles. The number of benzene rings is 2. The minimum atomic E-state index is -0.0533. The highest BCUT2D eigenvalue weighted by Gasteiger charge is 2.08. The third-order valence-electron chi connectivity index (χ3n) is 3.31. The van der Waals surface area contributed by atoms with Crippen LogP contribution in [0.4, 0.5) is 0 Å². The molecule has 3 aromatic rings. The molecule has 100 valence electrons. The molecule has 1 N–H and O–H groups in total. The zero-order valence-electron chi connectivity index (χ0n) is 11.2. The van der Waals surface area contributed by atoms with Gasteiger partial charge in [0.25, 0.3) is 0 Å². The molecule has 0 unspecified atom stereocenters. The lowest BCUT2D eigenvalue weighted by atomic mass is 10.1. The van der Waals surface area contributed by atoms with E-state index in [1.165, 1.54) is 0 Å². The molecule has 20 heavy (non-hydrogen) atoms. The second-order valence-electron chi connectivity index (χ2n) is 4.74. The quantitative estimate of drug-likeness (QED) is 0.791. The fourth-order valence-electron chi connectivity index (χ4n) is 2.20. The van der Waals surface area contributed by atoms with Gasteiger partial charge in [-0.2, -0.15) is 0 Å². The molecule has 0 aliphatic heterocycles. The van der Waals surface area contributed by atoms with E-state index in [2.05, 4.69) is 10.4 Å². The van der Waals surface area contributed by atoms with Gasteiger partial charge in [-0.05, 0) is 30.2 Å². The number of carbonyl (C=O) groups excluding carboxylic acids is 1. The van der Waals surface area contributed by atoms with Crippen LogP contribution in [0.25, 0.3) is 11.0 Å². The van der Waals surface area contributed by atoms with Crippen molar-refractivity contribution in [2.24, 2.45) is 0 Å². The molecule has 0 radical (unpaired) electrons. The monoisotopic (exact) mass is 265 g/mol. The van der Waals surface area contributed by atoms with E-state index < -0.39 is 0 Å². The van der Waals surface area contributed by atoms with Gasteiger partial charge >= 0.3 is 0 Å². The summed E-state index contributed by atoms with van der Waals surface area (Å²) in [5.74, 6) is -0.0533. The van der Waals surface area contributed by atoms with E-state index >= 15 is 0 Å². The number of imidazole rings is 1. The first-order valence-corrected chi connectivity index (χ1v) is 6.50. The number of hydrogen-bond donors (Lipinski definition) is 1. The molecule has 0 saturated heterocycles. The van der Waals surface area contributed by atoms with Gasteiger partial charge in [-0.25, -0.2) is 9.66 Å². The average Bonchev–Trinajstić information content (AvgIpc) is 2.85. The number of amides is 1. The Morgan fingerprint density at radius 3 is 2.75 bits per heavy atom. The van der Waals surface area contributed by atoms with Crippen LogP contribution in [0, 0.1) is 6.92 Å². The van der Waals surface area contributed by atoms with E-state index in [1.807, 2.05) is 55.5 Å². The summed E-state index contributed by atoms with van der Waals surface area (Å²) in [5, 5.41) is 0. The molecular formula is C16H15N3O. The van der Waals surface area contributed by atoms with Crippen molar-refractivity contribution in [2.75, 3.05) is 5.43 Å². The zero-order chi connectivity index (χ0) is 13.9. The highest BCUT2D eigenvalue weighted by atomic mass is 16.2. The maximum atomic E-state index is 12.1. The molecule has 0 saturated carbocycles. The molecule has 4 heteroatoms. The minimum absolute atomic E-state index is 0.0533. The number of para-hydroxylation sites is 2. The average molecular weight is 265 g/mol. The summed E-state index contributed by atoms with van der Waals surface area (Å²) in [5.41, 5.74) is 6.77. The van der Waals surface area contributed by atoms with Crippen LogP contribution in [0.1, 0.15) is 11.1 Å². The van der Waals surface area contributed by atoms with Crippen LogP contribution in [-0.4, -0.2) is 15.6 Å². The Balaban J connectivity index is 1.78. The summed E-state index contributed by atoms with van der Waals surface area (Å²) >= 11 is 0. The van der Waals surface area contributed by atoms with Gasteiger partial charge in [-0.3, -0.25) is 10.2 Å². The Bertz CT molecular complexity index is 761. The Labute approximate surface area is 117 Å². The largest absolute Gasteiger partial charge is 0.273 e. The first-order chi connectivity index (χ1) is 9.74. The maximum absolute atomic E-state index is 12.1. The third-order valence-corrected chi connectivity index (χ3v) is 3.31. The standard InChI is InChI=1S/C16H15N3O/c1-12-6-2-3-7-13(12)10-16(20)18-19-11-17-14-8-4-5-9-15(14)19/h2-9,11H,10H2,1H3,(H,18,20). The number of nitrogens with one attached hydrogen (secondary N) is 1. The predicted octanol–water partition coefficient (Wildman–Crippen LogP) is 2.66. The summed E-state index contributed by atoms with van der Waals surface area (Å²) < 4.78 is 1.66. The van der Waals surface area contributed by atoms with Crippen LogP contribution in [0.15, 0.2) is 54.9 Å². The molecule has 1 amide bonds. The number of rotatable bonds is 3. The molecular weight excluding hydrogens is 250 g/mol. The lowest BCUT2D eigenvalue weighted by Gasteiger charge is -2.08. The third kappa shape index (κ3) is 2.40. The highest BCUT2D eigenvalue weighted by molar-refractivity contribution is 5.88. The molecule has 3 rings (SSSR count). The normalized spacial score (nSPS) is 10.7. The van der Waals surface area contributed by atoms with Gasteiger partial charge in [-0.1, -0.05) is 36.4 Å². The molecule has 0 fully saturated rings. The van der Waals surface area contributed by atoms with E-state index in [0.29, 0.717) is 6.42 Å². The van der Waals surface area contributed by atoms with Gasteiger partial charge in [0.15, 0.2) is 0 Å². The number of hydrogen-bond acceptors (Lipinski definition) is 2. The molecule has 1 heterocycles.